The van der Waals surface area contributed by atoms with Crippen LogP contribution in [0.25, 0.3) is 21.3 Å². The van der Waals surface area contributed by atoms with Gasteiger partial charge in [-0.25, -0.2) is 4.98 Å². The Morgan fingerprint density at radius 2 is 1.80 bits per heavy atom. The summed E-state index contributed by atoms with van der Waals surface area (Å²) in [6, 6.07) is 10.7. The third-order valence-electron chi connectivity index (χ3n) is 6.66. The highest BCUT2D eigenvalue weighted by atomic mass is 32.2. The summed E-state index contributed by atoms with van der Waals surface area (Å²) < 4.78 is 0. The van der Waals surface area contributed by atoms with Crippen molar-refractivity contribution < 1.29 is 4.79 Å². The van der Waals surface area contributed by atoms with E-state index in [1.165, 1.54) is 52.6 Å². The fraction of sp³-hybridized carbons (Fsp3) is 0.321. The Kier molecular flexibility index (Phi) is 6.55. The number of carbonyl (C=O) groups excluding carboxylic acids is 1. The topological polar surface area (TPSA) is 74.8 Å². The Bertz CT molecular complexity index is 1480. The summed E-state index contributed by atoms with van der Waals surface area (Å²) >= 11 is 2.74. The lowest BCUT2D eigenvalue weighted by molar-refractivity contribution is -0.115. The summed E-state index contributed by atoms with van der Waals surface area (Å²) in [6.07, 6.45) is 4.70. The number of hydrogen-bond donors (Lipinski definition) is 2. The van der Waals surface area contributed by atoms with Gasteiger partial charge < -0.3 is 10.3 Å². The lowest BCUT2D eigenvalue weighted by atomic mass is 9.89. The third kappa shape index (κ3) is 4.80. The van der Waals surface area contributed by atoms with Crippen LogP contribution in [0.1, 0.15) is 47.6 Å². The molecule has 4 aromatic rings. The number of aromatic nitrogens is 2. The molecule has 0 saturated carbocycles. The van der Waals surface area contributed by atoms with Gasteiger partial charge in [0.1, 0.15) is 4.83 Å². The second-order valence-corrected chi connectivity index (χ2v) is 11.6. The first kappa shape index (κ1) is 23.8. The first-order valence-electron chi connectivity index (χ1n) is 12.0. The minimum Gasteiger partial charge on any atom is -0.325 e. The summed E-state index contributed by atoms with van der Waals surface area (Å²) in [5.74, 6) is -0.117. The molecule has 0 spiro atoms. The van der Waals surface area contributed by atoms with Crippen LogP contribution in [0.3, 0.4) is 0 Å². The standard InChI is InChI=1S/C28H29N3O2S2/c1-15-11-16(2)24(17(3)12-15)29-25(32)18(4)35-28-30-26(33)23-22(14-34-27(23)31-28)21-10-9-19-7-5-6-8-20(19)13-21/h9-14,18H,5-8H2,1-4H3,(H,29,32)(H,30,31,33). The summed E-state index contributed by atoms with van der Waals surface area (Å²) in [4.78, 5) is 34.3. The molecule has 180 valence electrons. The monoisotopic (exact) mass is 503 g/mol. The maximum atomic E-state index is 13.1. The van der Waals surface area contributed by atoms with Crippen LogP contribution in [0.5, 0.6) is 0 Å². The third-order valence-corrected chi connectivity index (χ3v) is 8.52. The van der Waals surface area contributed by atoms with Gasteiger partial charge in [-0.15, -0.1) is 11.3 Å². The molecule has 5 nitrogen and oxygen atoms in total. The summed E-state index contributed by atoms with van der Waals surface area (Å²) in [7, 11) is 0. The molecule has 7 heteroatoms. The number of fused-ring (bicyclic) bond motifs is 2. The van der Waals surface area contributed by atoms with Crippen molar-refractivity contribution in [2.45, 2.75) is 63.8 Å². The van der Waals surface area contributed by atoms with Crippen LogP contribution < -0.4 is 10.9 Å². The number of H-pyrrole nitrogens is 1. The highest BCUT2D eigenvalue weighted by molar-refractivity contribution is 8.00. The Morgan fingerprint density at radius 3 is 2.54 bits per heavy atom. The van der Waals surface area contributed by atoms with Gasteiger partial charge in [-0.3, -0.25) is 9.59 Å². The van der Waals surface area contributed by atoms with E-state index in [1.54, 1.807) is 0 Å². The number of thioether (sulfide) groups is 1. The minimum atomic E-state index is -0.421. The molecule has 2 aromatic carbocycles. The SMILES string of the molecule is Cc1cc(C)c(NC(=O)C(C)Sc2nc3scc(-c4ccc5c(c4)CCCC5)c3c(=O)[nH]2)c(C)c1. The smallest absolute Gasteiger partial charge is 0.260 e. The minimum absolute atomic E-state index is 0.117. The number of carbonyl (C=O) groups is 1. The molecular formula is C28H29N3O2S2. The van der Waals surface area contributed by atoms with Crippen LogP contribution in [-0.2, 0) is 17.6 Å². The zero-order valence-electron chi connectivity index (χ0n) is 20.5. The van der Waals surface area contributed by atoms with E-state index in [9.17, 15) is 9.59 Å². The summed E-state index contributed by atoms with van der Waals surface area (Å²) in [5.41, 5.74) is 8.74. The predicted molar refractivity (Wildman–Crippen MR) is 147 cm³/mol. The zero-order valence-corrected chi connectivity index (χ0v) is 22.1. The molecule has 2 heterocycles. The lowest BCUT2D eigenvalue weighted by Crippen LogP contribution is -2.24. The Balaban J connectivity index is 1.38. The van der Waals surface area contributed by atoms with Gasteiger partial charge in [0.05, 0.1) is 10.6 Å². The van der Waals surface area contributed by atoms with Gasteiger partial charge in [-0.1, -0.05) is 47.7 Å². The van der Waals surface area contributed by atoms with Gasteiger partial charge in [-0.05, 0) is 81.2 Å². The van der Waals surface area contributed by atoms with Crippen molar-refractivity contribution in [1.29, 1.82) is 0 Å². The second-order valence-electron chi connectivity index (χ2n) is 9.41. The van der Waals surface area contributed by atoms with Gasteiger partial charge in [0.25, 0.3) is 5.56 Å². The van der Waals surface area contributed by atoms with Crippen molar-refractivity contribution in [1.82, 2.24) is 9.97 Å². The molecule has 35 heavy (non-hydrogen) atoms. The molecule has 1 aliphatic rings. The molecule has 0 radical (unpaired) electrons. The van der Waals surface area contributed by atoms with Gasteiger partial charge in [0.2, 0.25) is 5.91 Å². The molecular weight excluding hydrogens is 474 g/mol. The molecule has 1 amide bonds. The van der Waals surface area contributed by atoms with E-state index in [2.05, 4.69) is 40.6 Å². The largest absolute Gasteiger partial charge is 0.325 e. The van der Waals surface area contributed by atoms with Crippen LogP contribution >= 0.6 is 23.1 Å². The van der Waals surface area contributed by atoms with Crippen molar-refractivity contribution in [3.05, 3.63) is 73.9 Å². The molecule has 1 aliphatic carbocycles. The summed E-state index contributed by atoms with van der Waals surface area (Å²) in [6.45, 7) is 7.87. The first-order chi connectivity index (χ1) is 16.8. The quantitative estimate of drug-likeness (QED) is 0.238. The molecule has 0 saturated heterocycles. The fourth-order valence-electron chi connectivity index (χ4n) is 4.92. The second kappa shape index (κ2) is 9.63. The van der Waals surface area contributed by atoms with E-state index in [1.807, 2.05) is 33.1 Å². The zero-order chi connectivity index (χ0) is 24.7. The highest BCUT2D eigenvalue weighted by Crippen LogP contribution is 2.34. The molecule has 5 rings (SSSR count). The van der Waals surface area contributed by atoms with Gasteiger partial charge >= 0.3 is 0 Å². The maximum Gasteiger partial charge on any atom is 0.260 e. The molecule has 2 N–H and O–H groups in total. The number of benzene rings is 2. The number of rotatable bonds is 5. The highest BCUT2D eigenvalue weighted by Gasteiger charge is 2.20. The first-order valence-corrected chi connectivity index (χ1v) is 13.7. The van der Waals surface area contributed by atoms with Crippen LogP contribution in [-0.4, -0.2) is 21.1 Å². The van der Waals surface area contributed by atoms with Gasteiger partial charge in [0.15, 0.2) is 5.16 Å². The summed E-state index contributed by atoms with van der Waals surface area (Å²) in [5, 5.41) is 5.73. The number of nitrogens with one attached hydrogen (secondary N) is 2. The average Bonchev–Trinajstić information content (AvgIpc) is 3.25. The molecule has 0 aliphatic heterocycles. The van der Waals surface area contributed by atoms with Crippen molar-refractivity contribution in [2.24, 2.45) is 0 Å². The van der Waals surface area contributed by atoms with Crippen LogP contribution in [0, 0.1) is 20.8 Å². The van der Waals surface area contributed by atoms with Crippen molar-refractivity contribution in [3.63, 3.8) is 0 Å². The number of aryl methyl sites for hydroxylation is 5. The number of anilines is 1. The van der Waals surface area contributed by atoms with Crippen molar-refractivity contribution >= 4 is 44.9 Å². The van der Waals surface area contributed by atoms with Gasteiger partial charge in [0, 0.05) is 16.6 Å². The van der Waals surface area contributed by atoms with E-state index in [0.717, 1.165) is 40.8 Å². The van der Waals surface area contributed by atoms with E-state index in [0.29, 0.717) is 15.4 Å². The number of nitrogens with zero attached hydrogens (tertiary/aromatic N) is 1. The molecule has 1 unspecified atom stereocenters. The predicted octanol–water partition coefficient (Wildman–Crippen LogP) is 6.57. The van der Waals surface area contributed by atoms with E-state index >= 15 is 0 Å². The molecule has 1 atom stereocenters. The van der Waals surface area contributed by atoms with E-state index < -0.39 is 5.25 Å². The molecule has 0 fully saturated rings. The number of thiophene rings is 1. The molecule has 0 bridgehead atoms. The fourth-order valence-corrected chi connectivity index (χ4v) is 6.72. The van der Waals surface area contributed by atoms with Crippen LogP contribution in [0.4, 0.5) is 5.69 Å². The van der Waals surface area contributed by atoms with Crippen LogP contribution in [0.2, 0.25) is 0 Å². The maximum absolute atomic E-state index is 13.1. The Morgan fingerprint density at radius 1 is 1.09 bits per heavy atom. The normalized spacial score (nSPS) is 14.1. The molecule has 2 aromatic heterocycles. The number of hydrogen-bond acceptors (Lipinski definition) is 5. The van der Waals surface area contributed by atoms with E-state index in [4.69, 9.17) is 4.98 Å². The Hall–Kier alpha value is -2.90. The van der Waals surface area contributed by atoms with Crippen molar-refractivity contribution in [3.8, 4) is 11.1 Å². The lowest BCUT2D eigenvalue weighted by Gasteiger charge is -2.16. The average molecular weight is 504 g/mol. The van der Waals surface area contributed by atoms with Gasteiger partial charge in [-0.2, -0.15) is 0 Å². The van der Waals surface area contributed by atoms with Crippen LogP contribution in [0.15, 0.2) is 45.7 Å². The number of amides is 1. The number of aromatic amines is 1. The van der Waals surface area contributed by atoms with Crippen molar-refractivity contribution in [2.75, 3.05) is 5.32 Å². The Labute approximate surface area is 213 Å². The van der Waals surface area contributed by atoms with E-state index in [-0.39, 0.29) is 11.5 Å².